The average Bonchev–Trinajstić information content (AvgIpc) is 3.08. The second kappa shape index (κ2) is 8.24. The van der Waals surface area contributed by atoms with Crippen LogP contribution in [0.1, 0.15) is 17.5 Å². The summed E-state index contributed by atoms with van der Waals surface area (Å²) in [6.45, 7) is 2.60. The van der Waals surface area contributed by atoms with E-state index in [0.29, 0.717) is 24.6 Å². The number of benzene rings is 3. The summed E-state index contributed by atoms with van der Waals surface area (Å²) >= 11 is 0. The highest BCUT2D eigenvalue weighted by molar-refractivity contribution is 7.89. The standard InChI is InChI=1S/C25H26N2O4S/c1-26-15-8-16-27(18-17-26)32(28,29)22-13-14-23-24(19-22)31-25(30-23,20-9-4-2-5-10-20)21-11-6-3-7-12-21/h2-7,9-14,19H,8,15-18H2,1H3. The summed E-state index contributed by atoms with van der Waals surface area (Å²) < 4.78 is 41.1. The summed E-state index contributed by atoms with van der Waals surface area (Å²) in [5, 5.41) is 0. The van der Waals surface area contributed by atoms with Gasteiger partial charge >= 0.3 is 5.79 Å². The number of likely N-dealkylation sites (N-methyl/N-ethyl adjacent to an activating group) is 1. The van der Waals surface area contributed by atoms with E-state index in [0.717, 1.165) is 30.6 Å². The van der Waals surface area contributed by atoms with Crippen LogP contribution in [0.15, 0.2) is 83.8 Å². The Kier molecular flexibility index (Phi) is 5.41. The lowest BCUT2D eigenvalue weighted by molar-refractivity contribution is -0.0459. The Labute approximate surface area is 189 Å². The van der Waals surface area contributed by atoms with E-state index in [4.69, 9.17) is 9.47 Å². The topological polar surface area (TPSA) is 59.1 Å². The van der Waals surface area contributed by atoms with Crippen molar-refractivity contribution in [1.82, 2.24) is 9.21 Å². The van der Waals surface area contributed by atoms with E-state index in [1.54, 1.807) is 22.5 Å². The van der Waals surface area contributed by atoms with Crippen molar-refractivity contribution >= 4 is 10.0 Å². The largest absolute Gasteiger partial charge is 0.440 e. The first-order valence-corrected chi connectivity index (χ1v) is 12.2. The molecule has 3 aromatic carbocycles. The summed E-state index contributed by atoms with van der Waals surface area (Å²) in [5.74, 6) is -0.226. The van der Waals surface area contributed by atoms with Crippen LogP contribution in [0.3, 0.4) is 0 Å². The molecule has 6 nitrogen and oxygen atoms in total. The van der Waals surface area contributed by atoms with Crippen LogP contribution in [-0.2, 0) is 15.8 Å². The molecular weight excluding hydrogens is 424 g/mol. The Morgan fingerprint density at radius 1 is 0.750 bits per heavy atom. The maximum absolute atomic E-state index is 13.4. The molecule has 0 N–H and O–H groups in total. The number of rotatable bonds is 4. The second-order valence-corrected chi connectivity index (χ2v) is 10.2. The number of hydrogen-bond acceptors (Lipinski definition) is 5. The molecular formula is C25H26N2O4S. The molecule has 0 atom stereocenters. The van der Waals surface area contributed by atoms with E-state index in [2.05, 4.69) is 4.90 Å². The molecule has 32 heavy (non-hydrogen) atoms. The van der Waals surface area contributed by atoms with Crippen LogP contribution in [0.2, 0.25) is 0 Å². The van der Waals surface area contributed by atoms with Gasteiger partial charge in [0.2, 0.25) is 10.0 Å². The first-order chi connectivity index (χ1) is 15.5. The van der Waals surface area contributed by atoms with Gasteiger partial charge in [0.15, 0.2) is 11.5 Å². The van der Waals surface area contributed by atoms with Gasteiger partial charge in [0, 0.05) is 36.8 Å². The quantitative estimate of drug-likeness (QED) is 0.607. The maximum Gasteiger partial charge on any atom is 0.305 e. The van der Waals surface area contributed by atoms with Crippen LogP contribution in [0.25, 0.3) is 0 Å². The number of hydrogen-bond donors (Lipinski definition) is 0. The van der Waals surface area contributed by atoms with Crippen molar-refractivity contribution in [1.29, 1.82) is 0 Å². The zero-order valence-corrected chi connectivity index (χ0v) is 18.8. The first-order valence-electron chi connectivity index (χ1n) is 10.8. The van der Waals surface area contributed by atoms with Crippen molar-refractivity contribution < 1.29 is 17.9 Å². The number of fused-ring (bicyclic) bond motifs is 1. The van der Waals surface area contributed by atoms with E-state index in [1.807, 2.05) is 67.7 Å². The van der Waals surface area contributed by atoms with Crippen molar-refractivity contribution in [2.45, 2.75) is 17.1 Å². The highest BCUT2D eigenvalue weighted by Crippen LogP contribution is 2.48. The average molecular weight is 451 g/mol. The van der Waals surface area contributed by atoms with Crippen molar-refractivity contribution in [3.8, 4) is 11.5 Å². The minimum atomic E-state index is -3.63. The fraction of sp³-hybridized carbons (Fsp3) is 0.280. The van der Waals surface area contributed by atoms with Crippen LogP contribution < -0.4 is 9.47 Å². The second-order valence-electron chi connectivity index (χ2n) is 8.22. The monoisotopic (exact) mass is 450 g/mol. The molecule has 2 heterocycles. The van der Waals surface area contributed by atoms with Gasteiger partial charge in [-0.15, -0.1) is 0 Å². The molecule has 0 aromatic heterocycles. The molecule has 0 unspecified atom stereocenters. The van der Waals surface area contributed by atoms with Gasteiger partial charge in [-0.3, -0.25) is 0 Å². The lowest BCUT2D eigenvalue weighted by Crippen LogP contribution is -2.36. The summed E-state index contributed by atoms with van der Waals surface area (Å²) in [6, 6.07) is 24.3. The minimum Gasteiger partial charge on any atom is -0.440 e. The van der Waals surface area contributed by atoms with Crippen molar-refractivity contribution in [3.63, 3.8) is 0 Å². The SMILES string of the molecule is CN1CCCN(S(=O)(=O)c2ccc3c(c2)OC(c2ccccc2)(c2ccccc2)O3)CC1. The number of nitrogens with zero attached hydrogens (tertiary/aromatic N) is 2. The summed E-state index contributed by atoms with van der Waals surface area (Å²) in [5.41, 5.74) is 1.67. The van der Waals surface area contributed by atoms with Crippen LogP contribution in [-0.4, -0.2) is 50.8 Å². The minimum absolute atomic E-state index is 0.223. The Bertz CT molecular complexity index is 1160. The predicted molar refractivity (Wildman–Crippen MR) is 122 cm³/mol. The van der Waals surface area contributed by atoms with Gasteiger partial charge in [0.05, 0.1) is 4.90 Å². The van der Waals surface area contributed by atoms with Gasteiger partial charge in [-0.05, 0) is 32.1 Å². The molecule has 1 saturated heterocycles. The molecule has 0 spiro atoms. The Hall–Kier alpha value is -2.87. The number of ether oxygens (including phenoxy) is 2. The summed E-state index contributed by atoms with van der Waals surface area (Å²) in [7, 11) is -1.61. The van der Waals surface area contributed by atoms with Gasteiger partial charge in [-0.25, -0.2) is 8.42 Å². The van der Waals surface area contributed by atoms with Gasteiger partial charge in [-0.2, -0.15) is 4.31 Å². The number of sulfonamides is 1. The molecule has 0 bridgehead atoms. The lowest BCUT2D eigenvalue weighted by Gasteiger charge is -2.28. The van der Waals surface area contributed by atoms with E-state index in [9.17, 15) is 8.42 Å². The normalized spacial score (nSPS) is 18.9. The molecule has 0 radical (unpaired) electrons. The Morgan fingerprint density at radius 3 is 2.03 bits per heavy atom. The molecule has 0 saturated carbocycles. The fourth-order valence-electron chi connectivity index (χ4n) is 4.27. The molecule has 3 aromatic rings. The van der Waals surface area contributed by atoms with Crippen LogP contribution in [0, 0.1) is 0 Å². The predicted octanol–water partition coefficient (Wildman–Crippen LogP) is 3.69. The molecule has 7 heteroatoms. The van der Waals surface area contributed by atoms with Crippen LogP contribution in [0.5, 0.6) is 11.5 Å². The molecule has 2 aliphatic heterocycles. The molecule has 2 aliphatic rings. The van der Waals surface area contributed by atoms with Gasteiger partial charge < -0.3 is 14.4 Å². The molecule has 0 aliphatic carbocycles. The first kappa shape index (κ1) is 21.0. The van der Waals surface area contributed by atoms with Gasteiger partial charge in [0.25, 0.3) is 0 Å². The molecule has 5 rings (SSSR count). The van der Waals surface area contributed by atoms with Crippen molar-refractivity contribution in [3.05, 3.63) is 90.0 Å². The Morgan fingerprint density at radius 2 is 1.38 bits per heavy atom. The maximum atomic E-state index is 13.4. The van der Waals surface area contributed by atoms with Crippen molar-refractivity contribution in [2.75, 3.05) is 33.2 Å². The molecule has 1 fully saturated rings. The highest BCUT2D eigenvalue weighted by atomic mass is 32.2. The van der Waals surface area contributed by atoms with Gasteiger partial charge in [-0.1, -0.05) is 60.7 Å². The van der Waals surface area contributed by atoms with E-state index in [1.165, 1.54) is 0 Å². The zero-order valence-electron chi connectivity index (χ0n) is 18.0. The summed E-state index contributed by atoms with van der Waals surface area (Å²) in [6.07, 6.45) is 0.811. The third-order valence-electron chi connectivity index (χ3n) is 6.05. The van der Waals surface area contributed by atoms with Crippen LogP contribution >= 0.6 is 0 Å². The fourth-order valence-corrected chi connectivity index (χ4v) is 5.76. The van der Waals surface area contributed by atoms with Gasteiger partial charge in [0.1, 0.15) is 0 Å². The third-order valence-corrected chi connectivity index (χ3v) is 7.94. The van der Waals surface area contributed by atoms with E-state index >= 15 is 0 Å². The smallest absolute Gasteiger partial charge is 0.305 e. The Balaban J connectivity index is 1.52. The highest BCUT2D eigenvalue weighted by Gasteiger charge is 2.45. The summed E-state index contributed by atoms with van der Waals surface area (Å²) in [4.78, 5) is 2.38. The molecule has 0 amide bonds. The van der Waals surface area contributed by atoms with E-state index < -0.39 is 15.8 Å². The van der Waals surface area contributed by atoms with E-state index in [-0.39, 0.29) is 4.90 Å². The van der Waals surface area contributed by atoms with Crippen molar-refractivity contribution in [2.24, 2.45) is 0 Å². The third kappa shape index (κ3) is 3.66. The van der Waals surface area contributed by atoms with Crippen LogP contribution in [0.4, 0.5) is 0 Å². The zero-order chi connectivity index (χ0) is 22.2. The lowest BCUT2D eigenvalue weighted by atomic mass is 9.97. The molecule has 166 valence electrons.